The zero-order valence-electron chi connectivity index (χ0n) is 9.74. The van der Waals surface area contributed by atoms with E-state index in [1.165, 1.54) is 12.0 Å². The van der Waals surface area contributed by atoms with E-state index in [2.05, 4.69) is 11.4 Å². The Hall–Kier alpha value is -1.22. The molecule has 1 aromatic carbocycles. The Morgan fingerprint density at radius 1 is 1.38 bits per heavy atom. The van der Waals surface area contributed by atoms with Crippen molar-refractivity contribution in [2.45, 2.75) is 32.2 Å². The van der Waals surface area contributed by atoms with Gasteiger partial charge in [0.1, 0.15) is 0 Å². The molecule has 0 amide bonds. The first-order chi connectivity index (χ1) is 7.69. The summed E-state index contributed by atoms with van der Waals surface area (Å²) >= 11 is 0. The molecule has 1 aliphatic carbocycles. The largest absolute Gasteiger partial charge is 0.399 e. The van der Waals surface area contributed by atoms with Crippen LogP contribution in [0.2, 0.25) is 0 Å². The molecule has 2 unspecified atom stereocenters. The van der Waals surface area contributed by atoms with E-state index in [4.69, 9.17) is 5.73 Å². The molecule has 88 valence electrons. The van der Waals surface area contributed by atoms with Crippen molar-refractivity contribution in [3.05, 3.63) is 23.8 Å². The summed E-state index contributed by atoms with van der Waals surface area (Å²) in [6, 6.07) is 6.41. The zero-order chi connectivity index (χ0) is 11.5. The Bertz CT molecular complexity index is 345. The number of hydrogen-bond acceptors (Lipinski definition) is 3. The lowest BCUT2D eigenvalue weighted by Gasteiger charge is -2.20. The number of aliphatic hydroxyl groups is 1. The van der Waals surface area contributed by atoms with Gasteiger partial charge < -0.3 is 16.2 Å². The number of aryl methyl sites for hydroxylation is 1. The highest BCUT2D eigenvalue weighted by molar-refractivity contribution is 5.57. The van der Waals surface area contributed by atoms with Crippen molar-refractivity contribution in [2.24, 2.45) is 5.92 Å². The summed E-state index contributed by atoms with van der Waals surface area (Å²) in [5.74, 6) is 0.390. The van der Waals surface area contributed by atoms with E-state index >= 15 is 0 Å². The molecule has 2 rings (SSSR count). The maximum absolute atomic E-state index is 9.26. The molecule has 3 nitrogen and oxygen atoms in total. The summed E-state index contributed by atoms with van der Waals surface area (Å²) < 4.78 is 0. The second-order valence-electron chi connectivity index (χ2n) is 4.76. The van der Waals surface area contributed by atoms with Gasteiger partial charge in [-0.25, -0.2) is 0 Å². The van der Waals surface area contributed by atoms with Crippen LogP contribution in [0.4, 0.5) is 11.4 Å². The van der Waals surface area contributed by atoms with Gasteiger partial charge in [0.05, 0.1) is 0 Å². The number of nitrogens with one attached hydrogen (secondary N) is 1. The van der Waals surface area contributed by atoms with Gasteiger partial charge in [0, 0.05) is 29.9 Å². The number of aliphatic hydroxyl groups excluding tert-OH is 1. The molecule has 0 saturated heterocycles. The van der Waals surface area contributed by atoms with Crippen LogP contribution in [0.15, 0.2) is 18.2 Å². The van der Waals surface area contributed by atoms with Gasteiger partial charge in [0.2, 0.25) is 0 Å². The first-order valence-corrected chi connectivity index (χ1v) is 5.93. The van der Waals surface area contributed by atoms with E-state index in [0.717, 1.165) is 24.2 Å². The lowest BCUT2D eigenvalue weighted by molar-refractivity contribution is 0.222. The quantitative estimate of drug-likeness (QED) is 0.684. The van der Waals surface area contributed by atoms with Crippen LogP contribution in [0.3, 0.4) is 0 Å². The first-order valence-electron chi connectivity index (χ1n) is 5.93. The van der Waals surface area contributed by atoms with E-state index in [0.29, 0.717) is 12.0 Å². The molecule has 0 radical (unpaired) electrons. The molecule has 4 N–H and O–H groups in total. The molecule has 3 heteroatoms. The van der Waals surface area contributed by atoms with Crippen molar-refractivity contribution in [3.8, 4) is 0 Å². The topological polar surface area (TPSA) is 58.3 Å². The highest BCUT2D eigenvalue weighted by Crippen LogP contribution is 2.29. The average molecular weight is 220 g/mol. The van der Waals surface area contributed by atoms with Gasteiger partial charge in [0.15, 0.2) is 0 Å². The molecular weight excluding hydrogens is 200 g/mol. The van der Waals surface area contributed by atoms with E-state index in [9.17, 15) is 5.11 Å². The lowest BCUT2D eigenvalue weighted by atomic mass is 10.0. The van der Waals surface area contributed by atoms with E-state index in [1.54, 1.807) is 0 Å². The van der Waals surface area contributed by atoms with Crippen LogP contribution < -0.4 is 11.1 Å². The molecule has 0 aromatic heterocycles. The third kappa shape index (κ3) is 2.47. The monoisotopic (exact) mass is 220 g/mol. The fraction of sp³-hybridized carbons (Fsp3) is 0.538. The van der Waals surface area contributed by atoms with Crippen molar-refractivity contribution in [2.75, 3.05) is 17.7 Å². The van der Waals surface area contributed by atoms with Gasteiger partial charge >= 0.3 is 0 Å². The minimum Gasteiger partial charge on any atom is -0.399 e. The van der Waals surface area contributed by atoms with Crippen molar-refractivity contribution >= 4 is 11.4 Å². The summed E-state index contributed by atoms with van der Waals surface area (Å²) in [7, 11) is 0. The highest BCUT2D eigenvalue weighted by atomic mass is 16.3. The number of nitrogen functional groups attached to an aromatic ring is 1. The standard InChI is InChI=1S/C13H20N2O/c1-9-5-11(14)7-12(6-9)15-13-4-2-3-10(13)8-16/h5-7,10,13,15-16H,2-4,8,14H2,1H3. The van der Waals surface area contributed by atoms with Crippen LogP contribution >= 0.6 is 0 Å². The maximum Gasteiger partial charge on any atom is 0.0478 e. The SMILES string of the molecule is Cc1cc(N)cc(NC2CCCC2CO)c1. The van der Waals surface area contributed by atoms with Crippen LogP contribution in [0, 0.1) is 12.8 Å². The summed E-state index contributed by atoms with van der Waals surface area (Å²) in [5.41, 5.74) is 8.84. The third-order valence-corrected chi connectivity index (χ3v) is 3.35. The minimum absolute atomic E-state index is 0.277. The third-order valence-electron chi connectivity index (χ3n) is 3.35. The molecule has 1 aliphatic rings. The van der Waals surface area contributed by atoms with E-state index in [1.807, 2.05) is 19.1 Å². The van der Waals surface area contributed by atoms with Gasteiger partial charge in [-0.2, -0.15) is 0 Å². The Labute approximate surface area is 96.7 Å². The molecule has 1 saturated carbocycles. The zero-order valence-corrected chi connectivity index (χ0v) is 9.74. The predicted octanol–water partition coefficient (Wildman–Crippen LogP) is 2.15. The lowest BCUT2D eigenvalue weighted by Crippen LogP contribution is -2.26. The van der Waals surface area contributed by atoms with Crippen LogP contribution in [-0.4, -0.2) is 17.8 Å². The minimum atomic E-state index is 0.277. The fourth-order valence-electron chi connectivity index (χ4n) is 2.56. The summed E-state index contributed by atoms with van der Waals surface area (Å²) in [6.07, 6.45) is 3.46. The van der Waals surface area contributed by atoms with Crippen LogP contribution in [0.5, 0.6) is 0 Å². The second-order valence-corrected chi connectivity index (χ2v) is 4.76. The van der Waals surface area contributed by atoms with Gasteiger partial charge in [-0.1, -0.05) is 6.42 Å². The number of hydrogen-bond donors (Lipinski definition) is 3. The Morgan fingerprint density at radius 2 is 2.19 bits per heavy atom. The number of anilines is 2. The molecular formula is C13H20N2O. The van der Waals surface area contributed by atoms with Gasteiger partial charge in [-0.15, -0.1) is 0 Å². The van der Waals surface area contributed by atoms with Crippen LogP contribution in [0.25, 0.3) is 0 Å². The molecule has 0 spiro atoms. The van der Waals surface area contributed by atoms with Crippen molar-refractivity contribution < 1.29 is 5.11 Å². The predicted molar refractivity (Wildman–Crippen MR) is 67.4 cm³/mol. The van der Waals surface area contributed by atoms with Crippen molar-refractivity contribution in [3.63, 3.8) is 0 Å². The Balaban J connectivity index is 2.08. The second kappa shape index (κ2) is 4.74. The van der Waals surface area contributed by atoms with Crippen LogP contribution in [-0.2, 0) is 0 Å². The number of nitrogens with two attached hydrogens (primary N) is 1. The summed E-state index contributed by atoms with van der Waals surface area (Å²) in [5, 5.41) is 12.7. The maximum atomic E-state index is 9.26. The smallest absolute Gasteiger partial charge is 0.0478 e. The fourth-order valence-corrected chi connectivity index (χ4v) is 2.56. The van der Waals surface area contributed by atoms with Gasteiger partial charge in [0.25, 0.3) is 0 Å². The van der Waals surface area contributed by atoms with Gasteiger partial charge in [-0.3, -0.25) is 0 Å². The molecule has 1 fully saturated rings. The molecule has 16 heavy (non-hydrogen) atoms. The van der Waals surface area contributed by atoms with Crippen LogP contribution in [0.1, 0.15) is 24.8 Å². The summed E-state index contributed by atoms with van der Waals surface area (Å²) in [4.78, 5) is 0. The average Bonchev–Trinajstić information content (AvgIpc) is 2.63. The highest BCUT2D eigenvalue weighted by Gasteiger charge is 2.26. The van der Waals surface area contributed by atoms with Gasteiger partial charge in [-0.05, 0) is 43.5 Å². The van der Waals surface area contributed by atoms with E-state index in [-0.39, 0.29) is 6.61 Å². The van der Waals surface area contributed by atoms with E-state index < -0.39 is 0 Å². The normalized spacial score (nSPS) is 24.6. The Kier molecular flexibility index (Phi) is 3.34. The molecule has 0 bridgehead atoms. The van der Waals surface area contributed by atoms with Crippen molar-refractivity contribution in [1.29, 1.82) is 0 Å². The number of rotatable bonds is 3. The number of benzene rings is 1. The molecule has 2 atom stereocenters. The Morgan fingerprint density at radius 3 is 2.88 bits per heavy atom. The molecule has 0 aliphatic heterocycles. The summed E-state index contributed by atoms with van der Waals surface area (Å²) in [6.45, 7) is 2.32. The molecule has 1 aromatic rings. The first kappa shape index (κ1) is 11.3. The molecule has 0 heterocycles. The van der Waals surface area contributed by atoms with Crippen molar-refractivity contribution in [1.82, 2.24) is 0 Å².